The van der Waals surface area contributed by atoms with Crippen LogP contribution in [0.1, 0.15) is 32.3 Å². The van der Waals surface area contributed by atoms with E-state index in [9.17, 15) is 0 Å². The third kappa shape index (κ3) is 3.52. The van der Waals surface area contributed by atoms with E-state index in [1.54, 1.807) is 0 Å². The molecule has 1 aromatic carbocycles. The molecular formula is C15H22N2S. The van der Waals surface area contributed by atoms with Crippen molar-refractivity contribution in [1.82, 2.24) is 5.32 Å². The molecule has 1 unspecified atom stereocenters. The fourth-order valence-corrected chi connectivity index (χ4v) is 3.64. The average Bonchev–Trinajstić information content (AvgIpc) is 2.88. The molecule has 98 valence electrons. The number of rotatable bonds is 5. The van der Waals surface area contributed by atoms with Gasteiger partial charge in [-0.05, 0) is 11.5 Å². The maximum absolute atomic E-state index is 4.62. The topological polar surface area (TPSA) is 24.4 Å². The lowest BCUT2D eigenvalue weighted by Crippen LogP contribution is -2.21. The van der Waals surface area contributed by atoms with Crippen LogP contribution < -0.4 is 5.32 Å². The van der Waals surface area contributed by atoms with Crippen LogP contribution in [0.5, 0.6) is 0 Å². The van der Waals surface area contributed by atoms with Crippen molar-refractivity contribution in [3.63, 3.8) is 0 Å². The van der Waals surface area contributed by atoms with E-state index in [2.05, 4.69) is 54.5 Å². The summed E-state index contributed by atoms with van der Waals surface area (Å²) in [4.78, 5) is 4.62. The first-order valence-corrected chi connectivity index (χ1v) is 7.70. The molecule has 0 spiro atoms. The van der Waals surface area contributed by atoms with E-state index in [0.717, 1.165) is 24.2 Å². The van der Waals surface area contributed by atoms with Crippen molar-refractivity contribution in [1.29, 1.82) is 0 Å². The molecule has 0 fully saturated rings. The van der Waals surface area contributed by atoms with Crippen molar-refractivity contribution in [2.45, 2.75) is 38.5 Å². The number of benzene rings is 1. The number of hydrogen-bond donors (Lipinski definition) is 1. The molecule has 3 heteroatoms. The fourth-order valence-electron chi connectivity index (χ4n) is 2.32. The first-order chi connectivity index (χ1) is 8.83. The zero-order valence-corrected chi connectivity index (χ0v) is 12.0. The quantitative estimate of drug-likeness (QED) is 0.875. The Bertz CT molecular complexity index is 385. The number of amidine groups is 1. The zero-order valence-electron chi connectivity index (χ0n) is 11.2. The summed E-state index contributed by atoms with van der Waals surface area (Å²) in [6.45, 7) is 6.42. The lowest BCUT2D eigenvalue weighted by Gasteiger charge is -2.18. The number of aliphatic imine (C=N–C) groups is 1. The minimum Gasteiger partial charge on any atom is -0.361 e. The maximum atomic E-state index is 4.62. The van der Waals surface area contributed by atoms with E-state index in [1.165, 1.54) is 18.4 Å². The molecule has 1 atom stereocenters. The molecule has 1 N–H and O–H groups in total. The Balaban J connectivity index is 1.79. The second-order valence-corrected chi connectivity index (χ2v) is 5.95. The van der Waals surface area contributed by atoms with Gasteiger partial charge in [0.05, 0.1) is 6.54 Å². The first-order valence-electron chi connectivity index (χ1n) is 6.82. The molecule has 1 aliphatic rings. The molecule has 0 aromatic heterocycles. The van der Waals surface area contributed by atoms with Gasteiger partial charge in [-0.1, -0.05) is 68.8 Å². The second kappa shape index (κ2) is 6.83. The van der Waals surface area contributed by atoms with E-state index < -0.39 is 0 Å². The SMILES string of the molecule is CCC(CC)C1CN=C(NCc2ccccc2)S1. The molecule has 0 aliphatic carbocycles. The van der Waals surface area contributed by atoms with Crippen LogP contribution in [-0.4, -0.2) is 17.0 Å². The summed E-state index contributed by atoms with van der Waals surface area (Å²) in [5.74, 6) is 0.801. The summed E-state index contributed by atoms with van der Waals surface area (Å²) < 4.78 is 0. The van der Waals surface area contributed by atoms with Gasteiger partial charge in [0.2, 0.25) is 0 Å². The van der Waals surface area contributed by atoms with Gasteiger partial charge in [0.15, 0.2) is 5.17 Å². The highest BCUT2D eigenvalue weighted by Crippen LogP contribution is 2.30. The van der Waals surface area contributed by atoms with Gasteiger partial charge < -0.3 is 5.32 Å². The maximum Gasteiger partial charge on any atom is 0.157 e. The van der Waals surface area contributed by atoms with Gasteiger partial charge in [-0.3, -0.25) is 4.99 Å². The second-order valence-electron chi connectivity index (χ2n) is 4.72. The molecule has 2 nitrogen and oxygen atoms in total. The smallest absolute Gasteiger partial charge is 0.157 e. The van der Waals surface area contributed by atoms with E-state index in [-0.39, 0.29) is 0 Å². The highest BCUT2D eigenvalue weighted by Gasteiger charge is 2.25. The first kappa shape index (κ1) is 13.5. The standard InChI is InChI=1S/C15H22N2S/c1-3-13(4-2)14-11-17-15(18-14)16-10-12-8-6-5-7-9-12/h5-9,13-14H,3-4,10-11H2,1-2H3,(H,16,17). The van der Waals surface area contributed by atoms with Gasteiger partial charge in [0.1, 0.15) is 0 Å². The Hall–Kier alpha value is -0.960. The monoisotopic (exact) mass is 262 g/mol. The fraction of sp³-hybridized carbons (Fsp3) is 0.533. The van der Waals surface area contributed by atoms with Gasteiger partial charge in [-0.25, -0.2) is 0 Å². The molecule has 0 saturated heterocycles. The normalized spacial score (nSPS) is 19.1. The third-order valence-electron chi connectivity index (χ3n) is 3.54. The van der Waals surface area contributed by atoms with Gasteiger partial charge >= 0.3 is 0 Å². The highest BCUT2D eigenvalue weighted by atomic mass is 32.2. The molecule has 1 heterocycles. The van der Waals surface area contributed by atoms with Crippen molar-refractivity contribution < 1.29 is 0 Å². The average molecular weight is 262 g/mol. The van der Waals surface area contributed by atoms with Gasteiger partial charge in [0, 0.05) is 11.8 Å². The molecule has 18 heavy (non-hydrogen) atoms. The number of thioether (sulfide) groups is 1. The predicted octanol–water partition coefficient (Wildman–Crippen LogP) is 3.68. The summed E-state index contributed by atoms with van der Waals surface area (Å²) in [6, 6.07) is 10.5. The Morgan fingerprint density at radius 3 is 2.67 bits per heavy atom. The molecule has 1 aliphatic heterocycles. The largest absolute Gasteiger partial charge is 0.361 e. The molecule has 0 radical (unpaired) electrons. The van der Waals surface area contributed by atoms with Crippen molar-refractivity contribution >= 4 is 16.9 Å². The van der Waals surface area contributed by atoms with E-state index in [4.69, 9.17) is 0 Å². The summed E-state index contributed by atoms with van der Waals surface area (Å²) in [5, 5.41) is 5.24. The Labute approximate surface area is 114 Å². The molecule has 0 saturated carbocycles. The summed E-state index contributed by atoms with van der Waals surface area (Å²) in [7, 11) is 0. The van der Waals surface area contributed by atoms with Crippen LogP contribution in [0.3, 0.4) is 0 Å². The van der Waals surface area contributed by atoms with Gasteiger partial charge in [-0.2, -0.15) is 0 Å². The van der Waals surface area contributed by atoms with E-state index in [0.29, 0.717) is 5.25 Å². The van der Waals surface area contributed by atoms with Crippen LogP contribution in [0.4, 0.5) is 0 Å². The van der Waals surface area contributed by atoms with Crippen LogP contribution in [0, 0.1) is 5.92 Å². The van der Waals surface area contributed by atoms with Crippen LogP contribution in [0.25, 0.3) is 0 Å². The van der Waals surface area contributed by atoms with Crippen molar-refractivity contribution in [3.05, 3.63) is 35.9 Å². The zero-order chi connectivity index (χ0) is 12.8. The van der Waals surface area contributed by atoms with Crippen LogP contribution in [-0.2, 0) is 6.54 Å². The van der Waals surface area contributed by atoms with E-state index in [1.807, 2.05) is 11.8 Å². The summed E-state index contributed by atoms with van der Waals surface area (Å²) >= 11 is 1.93. The lowest BCUT2D eigenvalue weighted by molar-refractivity contribution is 0.479. The van der Waals surface area contributed by atoms with Crippen LogP contribution >= 0.6 is 11.8 Å². The Morgan fingerprint density at radius 1 is 1.28 bits per heavy atom. The van der Waals surface area contributed by atoms with Crippen molar-refractivity contribution in [2.24, 2.45) is 10.9 Å². The van der Waals surface area contributed by atoms with Crippen LogP contribution in [0.2, 0.25) is 0 Å². The van der Waals surface area contributed by atoms with Crippen molar-refractivity contribution in [2.75, 3.05) is 6.54 Å². The summed E-state index contributed by atoms with van der Waals surface area (Å²) in [6.07, 6.45) is 2.52. The minimum atomic E-state index is 0.679. The summed E-state index contributed by atoms with van der Waals surface area (Å²) in [5.41, 5.74) is 1.31. The number of hydrogen-bond acceptors (Lipinski definition) is 3. The van der Waals surface area contributed by atoms with Crippen LogP contribution in [0.15, 0.2) is 35.3 Å². The molecule has 1 aromatic rings. The highest BCUT2D eigenvalue weighted by molar-refractivity contribution is 8.14. The third-order valence-corrected chi connectivity index (χ3v) is 4.87. The number of nitrogens with one attached hydrogen (secondary N) is 1. The van der Waals surface area contributed by atoms with E-state index >= 15 is 0 Å². The molecular weight excluding hydrogens is 240 g/mol. The molecule has 0 bridgehead atoms. The minimum absolute atomic E-state index is 0.679. The Kier molecular flexibility index (Phi) is 5.12. The predicted molar refractivity (Wildman–Crippen MR) is 81.0 cm³/mol. The van der Waals surface area contributed by atoms with Crippen molar-refractivity contribution in [3.8, 4) is 0 Å². The van der Waals surface area contributed by atoms with Gasteiger partial charge in [-0.15, -0.1) is 0 Å². The van der Waals surface area contributed by atoms with Gasteiger partial charge in [0.25, 0.3) is 0 Å². The Morgan fingerprint density at radius 2 is 2.00 bits per heavy atom. The molecule has 2 rings (SSSR count). The molecule has 0 amide bonds. The number of nitrogens with zero attached hydrogens (tertiary/aromatic N) is 1. The lowest BCUT2D eigenvalue weighted by atomic mass is 9.99.